The van der Waals surface area contributed by atoms with Gasteiger partial charge in [-0.25, -0.2) is 0 Å². The van der Waals surface area contributed by atoms with Crippen LogP contribution in [0.1, 0.15) is 13.3 Å². The van der Waals surface area contributed by atoms with Crippen LogP contribution in [0.15, 0.2) is 0 Å². The lowest BCUT2D eigenvalue weighted by Crippen LogP contribution is -2.46. The molecular weight excluding hydrogens is 194 g/mol. The third kappa shape index (κ3) is 4.59. The Labute approximate surface area is 90.6 Å². The fourth-order valence-electron chi connectivity index (χ4n) is 1.79. The van der Waals surface area contributed by atoms with E-state index in [1.54, 1.807) is 6.92 Å². The number of carbonyl (C=O) groups excluding carboxylic acids is 1. The molecule has 2 unspecified atom stereocenters. The molecule has 88 valence electrons. The summed E-state index contributed by atoms with van der Waals surface area (Å²) >= 11 is 0. The van der Waals surface area contributed by atoms with Crippen LogP contribution in [0.3, 0.4) is 0 Å². The fourth-order valence-corrected chi connectivity index (χ4v) is 1.79. The number of aliphatic hydroxyl groups excluding tert-OH is 1. The molecular formula is C10H21N3O2. The highest BCUT2D eigenvalue weighted by Gasteiger charge is 2.18. The molecule has 1 aliphatic heterocycles. The fraction of sp³-hybridized carbons (Fsp3) is 0.900. The molecule has 0 spiro atoms. The molecule has 1 rings (SSSR count). The van der Waals surface area contributed by atoms with Gasteiger partial charge in [-0.15, -0.1) is 0 Å². The highest BCUT2D eigenvalue weighted by atomic mass is 16.3. The minimum Gasteiger partial charge on any atom is -0.392 e. The number of nitrogens with two attached hydrogens (primary N) is 1. The minimum atomic E-state index is -0.453. The maximum atomic E-state index is 10.8. The number of hydrogen-bond donors (Lipinski definition) is 3. The first-order valence-corrected chi connectivity index (χ1v) is 5.50. The molecule has 4 N–H and O–H groups in total. The molecule has 0 aliphatic carbocycles. The number of nitrogens with zero attached hydrogens (tertiary/aromatic N) is 1. The third-order valence-corrected chi connectivity index (χ3v) is 2.79. The summed E-state index contributed by atoms with van der Waals surface area (Å²) in [5.74, 6) is -0.586. The third-order valence-electron chi connectivity index (χ3n) is 2.79. The van der Waals surface area contributed by atoms with Gasteiger partial charge >= 0.3 is 0 Å². The maximum absolute atomic E-state index is 10.8. The van der Waals surface area contributed by atoms with Crippen molar-refractivity contribution in [3.8, 4) is 0 Å². The quantitative estimate of drug-likeness (QED) is 0.536. The van der Waals surface area contributed by atoms with Crippen molar-refractivity contribution < 1.29 is 9.90 Å². The smallest absolute Gasteiger partial charge is 0.220 e. The molecule has 0 saturated carbocycles. The molecule has 1 saturated heterocycles. The predicted octanol–water partition coefficient (Wildman–Crippen LogP) is -1.24. The van der Waals surface area contributed by atoms with Crippen LogP contribution < -0.4 is 11.1 Å². The van der Waals surface area contributed by atoms with Crippen molar-refractivity contribution in [3.05, 3.63) is 0 Å². The zero-order valence-corrected chi connectivity index (χ0v) is 9.28. The first-order valence-electron chi connectivity index (χ1n) is 5.50. The van der Waals surface area contributed by atoms with Crippen LogP contribution in [0.2, 0.25) is 0 Å². The van der Waals surface area contributed by atoms with Gasteiger partial charge in [0.05, 0.1) is 6.10 Å². The topological polar surface area (TPSA) is 78.6 Å². The molecule has 1 aliphatic rings. The van der Waals surface area contributed by atoms with Gasteiger partial charge in [0, 0.05) is 38.6 Å². The van der Waals surface area contributed by atoms with Gasteiger partial charge in [0.2, 0.25) is 5.91 Å². The predicted molar refractivity (Wildman–Crippen MR) is 58.3 cm³/mol. The Kier molecular flexibility index (Phi) is 5.01. The average Bonchev–Trinajstić information content (AvgIpc) is 2.18. The molecule has 1 amide bonds. The number of aliphatic hydroxyl groups is 1. The van der Waals surface area contributed by atoms with E-state index in [4.69, 9.17) is 5.73 Å². The second kappa shape index (κ2) is 6.05. The van der Waals surface area contributed by atoms with Gasteiger partial charge in [-0.2, -0.15) is 0 Å². The summed E-state index contributed by atoms with van der Waals surface area (Å²) in [5, 5.41) is 13.0. The van der Waals surface area contributed by atoms with Gasteiger partial charge in [0.15, 0.2) is 0 Å². The molecule has 0 aromatic heterocycles. The Morgan fingerprint density at radius 1 is 1.53 bits per heavy atom. The van der Waals surface area contributed by atoms with Crippen molar-refractivity contribution in [2.45, 2.75) is 19.4 Å². The van der Waals surface area contributed by atoms with E-state index in [0.717, 1.165) is 26.2 Å². The summed E-state index contributed by atoms with van der Waals surface area (Å²) in [7, 11) is 0. The van der Waals surface area contributed by atoms with E-state index in [2.05, 4.69) is 10.2 Å². The Morgan fingerprint density at radius 3 is 2.67 bits per heavy atom. The van der Waals surface area contributed by atoms with Crippen molar-refractivity contribution in [2.24, 2.45) is 11.7 Å². The van der Waals surface area contributed by atoms with Crippen molar-refractivity contribution in [1.29, 1.82) is 0 Å². The van der Waals surface area contributed by atoms with Crippen LogP contribution in [0.5, 0.6) is 0 Å². The Hall–Kier alpha value is -0.650. The molecule has 5 nitrogen and oxygen atoms in total. The first kappa shape index (κ1) is 12.4. The number of β-amino-alcohol motifs (C(OH)–C–C–N with tert-alkyl or cyclic N) is 1. The molecule has 5 heteroatoms. The van der Waals surface area contributed by atoms with Gasteiger partial charge in [-0.1, -0.05) is 6.92 Å². The van der Waals surface area contributed by atoms with E-state index in [1.807, 2.05) is 0 Å². The zero-order valence-electron chi connectivity index (χ0n) is 9.28. The molecule has 2 atom stereocenters. The summed E-state index contributed by atoms with van der Waals surface area (Å²) in [6.07, 6.45) is 0.00445. The van der Waals surface area contributed by atoms with Crippen molar-refractivity contribution in [2.75, 3.05) is 32.7 Å². The van der Waals surface area contributed by atoms with Gasteiger partial charge in [-0.05, 0) is 6.42 Å². The van der Waals surface area contributed by atoms with Gasteiger partial charge in [0.1, 0.15) is 0 Å². The Balaban J connectivity index is 2.22. The number of hydrogen-bond acceptors (Lipinski definition) is 4. The largest absolute Gasteiger partial charge is 0.392 e. The normalized spacial score (nSPS) is 22.3. The Bertz CT molecular complexity index is 205. The first-order chi connectivity index (χ1) is 7.09. The molecule has 1 heterocycles. The van der Waals surface area contributed by atoms with Crippen LogP contribution in [-0.2, 0) is 4.79 Å². The van der Waals surface area contributed by atoms with Gasteiger partial charge in [-0.3, -0.25) is 9.69 Å². The SMILES string of the molecule is CC(CC(O)CN1CCNCC1)C(N)=O. The number of piperazine rings is 1. The maximum Gasteiger partial charge on any atom is 0.220 e. The van der Waals surface area contributed by atoms with E-state index >= 15 is 0 Å². The van der Waals surface area contributed by atoms with E-state index in [-0.39, 0.29) is 11.8 Å². The van der Waals surface area contributed by atoms with E-state index in [1.165, 1.54) is 0 Å². The molecule has 0 aromatic carbocycles. The lowest BCUT2D eigenvalue weighted by atomic mass is 10.0. The van der Waals surface area contributed by atoms with Crippen LogP contribution in [-0.4, -0.2) is 54.7 Å². The highest BCUT2D eigenvalue weighted by Crippen LogP contribution is 2.07. The second-order valence-corrected chi connectivity index (χ2v) is 4.24. The number of primary amides is 1. The van der Waals surface area contributed by atoms with Crippen molar-refractivity contribution in [1.82, 2.24) is 10.2 Å². The monoisotopic (exact) mass is 215 g/mol. The van der Waals surface area contributed by atoms with Crippen LogP contribution >= 0.6 is 0 Å². The average molecular weight is 215 g/mol. The van der Waals surface area contributed by atoms with Crippen LogP contribution in [0.4, 0.5) is 0 Å². The molecule has 1 fully saturated rings. The van der Waals surface area contributed by atoms with Gasteiger partial charge < -0.3 is 16.2 Å². The van der Waals surface area contributed by atoms with E-state index in [9.17, 15) is 9.90 Å². The zero-order chi connectivity index (χ0) is 11.3. The Morgan fingerprint density at radius 2 is 2.13 bits per heavy atom. The number of rotatable bonds is 5. The molecule has 0 bridgehead atoms. The molecule has 0 radical (unpaired) electrons. The van der Waals surface area contributed by atoms with Crippen molar-refractivity contribution >= 4 is 5.91 Å². The van der Waals surface area contributed by atoms with E-state index < -0.39 is 6.10 Å². The lowest BCUT2D eigenvalue weighted by Gasteiger charge is -2.29. The summed E-state index contributed by atoms with van der Waals surface area (Å²) in [4.78, 5) is 13.0. The van der Waals surface area contributed by atoms with Crippen molar-refractivity contribution in [3.63, 3.8) is 0 Å². The molecule has 0 aromatic rings. The standard InChI is InChI=1S/C10H21N3O2/c1-8(10(11)15)6-9(14)7-13-4-2-12-3-5-13/h8-9,12,14H,2-7H2,1H3,(H2,11,15). The number of carbonyl (C=O) groups is 1. The summed E-state index contributed by atoms with van der Waals surface area (Å²) in [5.41, 5.74) is 5.14. The highest BCUT2D eigenvalue weighted by molar-refractivity contribution is 5.76. The van der Waals surface area contributed by atoms with E-state index in [0.29, 0.717) is 13.0 Å². The molecule has 15 heavy (non-hydrogen) atoms. The number of amides is 1. The number of nitrogens with one attached hydrogen (secondary N) is 1. The summed E-state index contributed by atoms with van der Waals surface area (Å²) in [6.45, 7) is 6.25. The summed E-state index contributed by atoms with van der Waals surface area (Å²) in [6, 6.07) is 0. The minimum absolute atomic E-state index is 0.247. The van der Waals surface area contributed by atoms with Crippen LogP contribution in [0, 0.1) is 5.92 Å². The summed E-state index contributed by atoms with van der Waals surface area (Å²) < 4.78 is 0. The van der Waals surface area contributed by atoms with Crippen LogP contribution in [0.25, 0.3) is 0 Å². The van der Waals surface area contributed by atoms with Gasteiger partial charge in [0.25, 0.3) is 0 Å². The second-order valence-electron chi connectivity index (χ2n) is 4.24. The lowest BCUT2D eigenvalue weighted by molar-refractivity contribution is -0.122.